The summed E-state index contributed by atoms with van der Waals surface area (Å²) in [6.45, 7) is 3.76. The molecular weight excluding hydrogens is 274 g/mol. The van der Waals surface area contributed by atoms with Crippen molar-refractivity contribution in [3.63, 3.8) is 0 Å². The van der Waals surface area contributed by atoms with Crippen molar-refractivity contribution in [1.29, 1.82) is 0 Å². The van der Waals surface area contributed by atoms with E-state index in [1.165, 1.54) is 0 Å². The van der Waals surface area contributed by atoms with Gasteiger partial charge in [0.25, 0.3) is 0 Å². The Morgan fingerprint density at radius 1 is 1.40 bits per heavy atom. The van der Waals surface area contributed by atoms with Gasteiger partial charge >= 0.3 is 0 Å². The van der Waals surface area contributed by atoms with Crippen molar-refractivity contribution in [2.75, 3.05) is 5.32 Å². The summed E-state index contributed by atoms with van der Waals surface area (Å²) < 4.78 is 4.99. The highest BCUT2D eigenvalue weighted by molar-refractivity contribution is 7.16. The number of carbonyl (C=O) groups is 1. The second kappa shape index (κ2) is 5.36. The van der Waals surface area contributed by atoms with E-state index in [1.807, 2.05) is 13.0 Å². The number of hydrogen-bond donors (Lipinski definition) is 1. The summed E-state index contributed by atoms with van der Waals surface area (Å²) in [5.41, 5.74) is 0.865. The van der Waals surface area contributed by atoms with Gasteiger partial charge in [-0.05, 0) is 25.8 Å². The molecule has 1 saturated carbocycles. The highest BCUT2D eigenvalue weighted by atomic mass is 32.1. The van der Waals surface area contributed by atoms with Crippen LogP contribution >= 0.6 is 11.3 Å². The summed E-state index contributed by atoms with van der Waals surface area (Å²) in [5.74, 6) is 1.43. The van der Waals surface area contributed by atoms with Gasteiger partial charge in [0.15, 0.2) is 0 Å². The quantitative estimate of drug-likeness (QED) is 0.939. The van der Waals surface area contributed by atoms with E-state index in [4.69, 9.17) is 4.52 Å². The zero-order chi connectivity index (χ0) is 14.1. The lowest BCUT2D eigenvalue weighted by Crippen LogP contribution is -2.20. The number of anilines is 1. The molecule has 1 amide bonds. The SMILES string of the molecule is Cc1nc(-c2cc(NC(=O)C3CCCC3)c(C)s2)no1. The zero-order valence-electron chi connectivity index (χ0n) is 11.6. The van der Waals surface area contributed by atoms with Gasteiger partial charge in [-0.15, -0.1) is 11.3 Å². The van der Waals surface area contributed by atoms with Gasteiger partial charge in [0.1, 0.15) is 0 Å². The average Bonchev–Trinajstić information content (AvgIpc) is 3.11. The molecule has 2 aromatic heterocycles. The van der Waals surface area contributed by atoms with Gasteiger partial charge in [-0.3, -0.25) is 4.79 Å². The normalized spacial score (nSPS) is 15.7. The smallest absolute Gasteiger partial charge is 0.227 e. The summed E-state index contributed by atoms with van der Waals surface area (Å²) in [6.07, 6.45) is 4.33. The van der Waals surface area contributed by atoms with E-state index in [1.54, 1.807) is 18.3 Å². The summed E-state index contributed by atoms with van der Waals surface area (Å²) in [7, 11) is 0. The number of nitrogens with zero attached hydrogens (tertiary/aromatic N) is 2. The minimum absolute atomic E-state index is 0.138. The fraction of sp³-hybridized carbons (Fsp3) is 0.500. The largest absolute Gasteiger partial charge is 0.339 e. The van der Waals surface area contributed by atoms with Crippen molar-refractivity contribution in [3.8, 4) is 10.7 Å². The molecule has 0 aliphatic heterocycles. The van der Waals surface area contributed by atoms with Crippen LogP contribution in [0.15, 0.2) is 10.6 Å². The maximum absolute atomic E-state index is 12.2. The second-order valence-electron chi connectivity index (χ2n) is 5.19. The fourth-order valence-corrected chi connectivity index (χ4v) is 3.44. The Hall–Kier alpha value is -1.69. The minimum atomic E-state index is 0.138. The molecule has 20 heavy (non-hydrogen) atoms. The molecule has 2 heterocycles. The van der Waals surface area contributed by atoms with Crippen LogP contribution in [0.1, 0.15) is 36.5 Å². The monoisotopic (exact) mass is 291 g/mol. The first kappa shape index (κ1) is 13.3. The molecule has 0 atom stereocenters. The Bertz CT molecular complexity index is 626. The Morgan fingerprint density at radius 3 is 2.80 bits per heavy atom. The first-order valence-electron chi connectivity index (χ1n) is 6.85. The topological polar surface area (TPSA) is 68.0 Å². The maximum atomic E-state index is 12.2. The third-order valence-electron chi connectivity index (χ3n) is 3.65. The summed E-state index contributed by atoms with van der Waals surface area (Å²) in [5, 5.41) is 6.94. The first-order valence-corrected chi connectivity index (χ1v) is 7.67. The average molecular weight is 291 g/mol. The van der Waals surface area contributed by atoms with Gasteiger partial charge in [0.2, 0.25) is 17.6 Å². The van der Waals surface area contributed by atoms with Crippen molar-refractivity contribution in [1.82, 2.24) is 10.1 Å². The van der Waals surface area contributed by atoms with Crippen molar-refractivity contribution in [2.24, 2.45) is 5.92 Å². The van der Waals surface area contributed by atoms with Gasteiger partial charge in [-0.25, -0.2) is 0 Å². The molecule has 3 rings (SSSR count). The summed E-state index contributed by atoms with van der Waals surface area (Å²) in [6, 6.07) is 1.93. The van der Waals surface area contributed by atoms with E-state index in [9.17, 15) is 4.79 Å². The second-order valence-corrected chi connectivity index (χ2v) is 6.44. The number of thiophene rings is 1. The van der Waals surface area contributed by atoms with Gasteiger partial charge in [-0.1, -0.05) is 18.0 Å². The molecule has 0 saturated heterocycles. The lowest BCUT2D eigenvalue weighted by Gasteiger charge is -2.09. The molecule has 0 unspecified atom stereocenters. The summed E-state index contributed by atoms with van der Waals surface area (Å²) in [4.78, 5) is 18.4. The number of nitrogens with one attached hydrogen (secondary N) is 1. The van der Waals surface area contributed by atoms with E-state index in [2.05, 4.69) is 15.5 Å². The molecular formula is C14H17N3O2S. The van der Waals surface area contributed by atoms with Crippen LogP contribution in [0.2, 0.25) is 0 Å². The van der Waals surface area contributed by atoms with Crippen LogP contribution in [0.5, 0.6) is 0 Å². The molecule has 1 aliphatic carbocycles. The van der Waals surface area contributed by atoms with Crippen LogP contribution in [0.25, 0.3) is 10.7 Å². The Labute approximate surface area is 121 Å². The number of rotatable bonds is 3. The molecule has 2 aromatic rings. The van der Waals surface area contributed by atoms with E-state index < -0.39 is 0 Å². The van der Waals surface area contributed by atoms with E-state index in [0.717, 1.165) is 41.1 Å². The third kappa shape index (κ3) is 2.60. The number of aryl methyl sites for hydroxylation is 2. The highest BCUT2D eigenvalue weighted by Crippen LogP contribution is 2.34. The maximum Gasteiger partial charge on any atom is 0.227 e. The van der Waals surface area contributed by atoms with Crippen LogP contribution in [-0.2, 0) is 4.79 Å². The van der Waals surface area contributed by atoms with Crippen LogP contribution in [0.3, 0.4) is 0 Å². The molecule has 6 heteroatoms. The predicted octanol–water partition coefficient (Wildman–Crippen LogP) is 3.54. The number of carbonyl (C=O) groups excluding carboxylic acids is 1. The third-order valence-corrected chi connectivity index (χ3v) is 4.70. The van der Waals surface area contributed by atoms with Gasteiger partial charge in [0, 0.05) is 17.7 Å². The molecule has 106 valence electrons. The molecule has 0 spiro atoms. The van der Waals surface area contributed by atoms with Crippen LogP contribution in [0.4, 0.5) is 5.69 Å². The van der Waals surface area contributed by atoms with Crippen LogP contribution < -0.4 is 5.32 Å². The predicted molar refractivity (Wildman–Crippen MR) is 77.7 cm³/mol. The minimum Gasteiger partial charge on any atom is -0.339 e. The van der Waals surface area contributed by atoms with Gasteiger partial charge in [0.05, 0.1) is 10.6 Å². The standard InChI is InChI=1S/C14H17N3O2S/c1-8-11(16-14(18)10-5-3-4-6-10)7-12(20-8)13-15-9(2)19-17-13/h7,10H,3-6H2,1-2H3,(H,16,18). The molecule has 0 radical (unpaired) electrons. The first-order chi connectivity index (χ1) is 9.63. The van der Waals surface area contributed by atoms with Gasteiger partial charge in [-0.2, -0.15) is 4.98 Å². The Kier molecular flexibility index (Phi) is 3.56. The van der Waals surface area contributed by atoms with Crippen molar-refractivity contribution in [3.05, 3.63) is 16.8 Å². The molecule has 1 N–H and O–H groups in total. The van der Waals surface area contributed by atoms with E-state index in [0.29, 0.717) is 11.7 Å². The zero-order valence-corrected chi connectivity index (χ0v) is 12.4. The molecule has 0 bridgehead atoms. The van der Waals surface area contributed by atoms with Crippen molar-refractivity contribution >= 4 is 22.9 Å². The Morgan fingerprint density at radius 2 is 2.15 bits per heavy atom. The molecule has 1 fully saturated rings. The van der Waals surface area contributed by atoms with Crippen molar-refractivity contribution < 1.29 is 9.32 Å². The van der Waals surface area contributed by atoms with E-state index in [-0.39, 0.29) is 11.8 Å². The molecule has 1 aliphatic rings. The Balaban J connectivity index is 1.77. The summed E-state index contributed by atoms with van der Waals surface area (Å²) >= 11 is 1.57. The van der Waals surface area contributed by atoms with Crippen LogP contribution in [0, 0.1) is 19.8 Å². The fourth-order valence-electron chi connectivity index (χ4n) is 2.54. The van der Waals surface area contributed by atoms with E-state index >= 15 is 0 Å². The van der Waals surface area contributed by atoms with Crippen LogP contribution in [-0.4, -0.2) is 16.0 Å². The number of hydrogen-bond acceptors (Lipinski definition) is 5. The van der Waals surface area contributed by atoms with Crippen molar-refractivity contribution in [2.45, 2.75) is 39.5 Å². The lowest BCUT2D eigenvalue weighted by molar-refractivity contribution is -0.119. The number of amides is 1. The number of aromatic nitrogens is 2. The lowest BCUT2D eigenvalue weighted by atomic mass is 10.1. The molecule has 0 aromatic carbocycles. The highest BCUT2D eigenvalue weighted by Gasteiger charge is 2.23. The van der Waals surface area contributed by atoms with Gasteiger partial charge < -0.3 is 9.84 Å². The molecule has 5 nitrogen and oxygen atoms in total.